The topological polar surface area (TPSA) is 49.6 Å². The van der Waals surface area contributed by atoms with Crippen molar-refractivity contribution in [3.63, 3.8) is 0 Å². The Morgan fingerprint density at radius 3 is 2.44 bits per heavy atom. The molecule has 4 nitrogen and oxygen atoms in total. The highest BCUT2D eigenvalue weighted by Crippen LogP contribution is 2.21. The third-order valence-electron chi connectivity index (χ3n) is 4.00. The van der Waals surface area contributed by atoms with Crippen LogP contribution in [0.5, 0.6) is 0 Å². The van der Waals surface area contributed by atoms with Crippen molar-refractivity contribution in [1.82, 2.24) is 9.80 Å². The molecule has 2 heterocycles. The quantitative estimate of drug-likeness (QED) is 0.727. The second kappa shape index (κ2) is 5.15. The Labute approximate surface area is 97.8 Å². The van der Waals surface area contributed by atoms with Gasteiger partial charge in [-0.05, 0) is 45.3 Å². The van der Waals surface area contributed by atoms with Crippen LogP contribution in [0.4, 0.5) is 0 Å². The van der Waals surface area contributed by atoms with Gasteiger partial charge in [0.05, 0.1) is 5.92 Å². The SMILES string of the molecule is CN1CCC(C(=O)N2CCC(CN)CC2)C1. The Hall–Kier alpha value is -0.610. The van der Waals surface area contributed by atoms with Gasteiger partial charge in [0.25, 0.3) is 0 Å². The van der Waals surface area contributed by atoms with Crippen molar-refractivity contribution in [3.8, 4) is 0 Å². The van der Waals surface area contributed by atoms with E-state index in [1.807, 2.05) is 0 Å². The van der Waals surface area contributed by atoms with Crippen LogP contribution < -0.4 is 5.73 Å². The van der Waals surface area contributed by atoms with E-state index in [0.717, 1.165) is 52.0 Å². The van der Waals surface area contributed by atoms with E-state index in [-0.39, 0.29) is 5.92 Å². The minimum Gasteiger partial charge on any atom is -0.342 e. The van der Waals surface area contributed by atoms with Crippen LogP contribution in [0.2, 0.25) is 0 Å². The minimum absolute atomic E-state index is 0.249. The molecule has 2 fully saturated rings. The number of hydrogen-bond acceptors (Lipinski definition) is 3. The van der Waals surface area contributed by atoms with E-state index in [0.29, 0.717) is 11.8 Å². The zero-order valence-corrected chi connectivity index (χ0v) is 10.2. The first kappa shape index (κ1) is 11.9. The van der Waals surface area contributed by atoms with Crippen LogP contribution in [0.25, 0.3) is 0 Å². The normalized spacial score (nSPS) is 28.6. The molecule has 2 rings (SSSR count). The van der Waals surface area contributed by atoms with Crippen LogP contribution in [-0.4, -0.2) is 55.5 Å². The molecule has 2 aliphatic heterocycles. The first-order chi connectivity index (χ1) is 7.70. The zero-order chi connectivity index (χ0) is 11.5. The lowest BCUT2D eigenvalue weighted by atomic mass is 9.96. The molecule has 0 aliphatic carbocycles. The predicted molar refractivity (Wildman–Crippen MR) is 64.0 cm³/mol. The van der Waals surface area contributed by atoms with E-state index in [2.05, 4.69) is 16.8 Å². The number of nitrogens with zero attached hydrogens (tertiary/aromatic N) is 2. The van der Waals surface area contributed by atoms with Gasteiger partial charge in [-0.1, -0.05) is 0 Å². The van der Waals surface area contributed by atoms with Crippen molar-refractivity contribution in [3.05, 3.63) is 0 Å². The van der Waals surface area contributed by atoms with Gasteiger partial charge in [0.1, 0.15) is 0 Å². The highest BCUT2D eigenvalue weighted by atomic mass is 16.2. The van der Waals surface area contributed by atoms with Crippen molar-refractivity contribution in [2.75, 3.05) is 39.8 Å². The molecule has 0 aromatic rings. The predicted octanol–water partition coefficient (Wildman–Crippen LogP) is 0.135. The average molecular weight is 225 g/mol. The fourth-order valence-electron chi connectivity index (χ4n) is 2.78. The molecule has 0 aromatic carbocycles. The van der Waals surface area contributed by atoms with Crippen LogP contribution >= 0.6 is 0 Å². The van der Waals surface area contributed by atoms with Crippen LogP contribution in [0.3, 0.4) is 0 Å². The van der Waals surface area contributed by atoms with E-state index in [4.69, 9.17) is 5.73 Å². The average Bonchev–Trinajstić information content (AvgIpc) is 2.75. The number of rotatable bonds is 2. The lowest BCUT2D eigenvalue weighted by molar-refractivity contribution is -0.136. The van der Waals surface area contributed by atoms with Gasteiger partial charge in [-0.3, -0.25) is 4.79 Å². The molecule has 1 atom stereocenters. The summed E-state index contributed by atoms with van der Waals surface area (Å²) in [6.07, 6.45) is 3.21. The van der Waals surface area contributed by atoms with Gasteiger partial charge in [-0.25, -0.2) is 0 Å². The molecule has 16 heavy (non-hydrogen) atoms. The number of carbonyl (C=O) groups is 1. The molecular formula is C12H23N3O. The van der Waals surface area contributed by atoms with E-state index in [1.165, 1.54) is 0 Å². The first-order valence-electron chi connectivity index (χ1n) is 6.38. The number of piperidine rings is 1. The number of likely N-dealkylation sites (tertiary alicyclic amines) is 2. The van der Waals surface area contributed by atoms with Crippen molar-refractivity contribution in [1.29, 1.82) is 0 Å². The summed E-state index contributed by atoms with van der Waals surface area (Å²) in [5.41, 5.74) is 5.66. The fraction of sp³-hybridized carbons (Fsp3) is 0.917. The summed E-state index contributed by atoms with van der Waals surface area (Å²) in [4.78, 5) is 16.5. The first-order valence-corrected chi connectivity index (χ1v) is 6.38. The summed E-state index contributed by atoms with van der Waals surface area (Å²) < 4.78 is 0. The minimum atomic E-state index is 0.249. The number of amides is 1. The summed E-state index contributed by atoms with van der Waals surface area (Å²) in [5, 5.41) is 0. The highest BCUT2D eigenvalue weighted by molar-refractivity contribution is 5.79. The van der Waals surface area contributed by atoms with Gasteiger partial charge >= 0.3 is 0 Å². The summed E-state index contributed by atoms with van der Waals surface area (Å²) in [7, 11) is 2.09. The fourth-order valence-corrected chi connectivity index (χ4v) is 2.78. The molecule has 0 spiro atoms. The van der Waals surface area contributed by atoms with E-state index >= 15 is 0 Å². The van der Waals surface area contributed by atoms with Crippen LogP contribution in [-0.2, 0) is 4.79 Å². The van der Waals surface area contributed by atoms with Gasteiger partial charge in [0, 0.05) is 19.6 Å². The molecule has 4 heteroatoms. The van der Waals surface area contributed by atoms with E-state index < -0.39 is 0 Å². The Morgan fingerprint density at radius 2 is 1.94 bits per heavy atom. The molecule has 0 bridgehead atoms. The molecule has 2 aliphatic rings. The molecule has 0 radical (unpaired) electrons. The second-order valence-electron chi connectivity index (χ2n) is 5.25. The maximum absolute atomic E-state index is 12.2. The van der Waals surface area contributed by atoms with Crippen molar-refractivity contribution in [2.45, 2.75) is 19.3 Å². The monoisotopic (exact) mass is 225 g/mol. The maximum atomic E-state index is 12.2. The largest absolute Gasteiger partial charge is 0.342 e. The Morgan fingerprint density at radius 1 is 1.25 bits per heavy atom. The summed E-state index contributed by atoms with van der Waals surface area (Å²) in [6.45, 7) is 4.61. The number of carbonyl (C=O) groups excluding carboxylic acids is 1. The van der Waals surface area contributed by atoms with Crippen molar-refractivity contribution < 1.29 is 4.79 Å². The molecule has 1 unspecified atom stereocenters. The lowest BCUT2D eigenvalue weighted by Crippen LogP contribution is -2.43. The Balaban J connectivity index is 1.82. The number of hydrogen-bond donors (Lipinski definition) is 1. The molecule has 2 saturated heterocycles. The van der Waals surface area contributed by atoms with E-state index in [1.54, 1.807) is 0 Å². The van der Waals surface area contributed by atoms with Crippen molar-refractivity contribution in [2.24, 2.45) is 17.6 Å². The van der Waals surface area contributed by atoms with Gasteiger partial charge in [-0.2, -0.15) is 0 Å². The van der Waals surface area contributed by atoms with Gasteiger partial charge in [-0.15, -0.1) is 0 Å². The van der Waals surface area contributed by atoms with Gasteiger partial charge < -0.3 is 15.5 Å². The molecule has 92 valence electrons. The molecule has 1 amide bonds. The Bertz CT molecular complexity index is 249. The molecule has 0 aromatic heterocycles. The molecule has 2 N–H and O–H groups in total. The zero-order valence-electron chi connectivity index (χ0n) is 10.2. The second-order valence-corrected chi connectivity index (χ2v) is 5.25. The lowest BCUT2D eigenvalue weighted by Gasteiger charge is -2.33. The summed E-state index contributed by atoms with van der Waals surface area (Å²) in [6, 6.07) is 0. The smallest absolute Gasteiger partial charge is 0.227 e. The highest BCUT2D eigenvalue weighted by Gasteiger charge is 2.31. The van der Waals surface area contributed by atoms with E-state index in [9.17, 15) is 4.79 Å². The van der Waals surface area contributed by atoms with Crippen LogP contribution in [0.15, 0.2) is 0 Å². The third kappa shape index (κ3) is 2.55. The maximum Gasteiger partial charge on any atom is 0.227 e. The molecular weight excluding hydrogens is 202 g/mol. The van der Waals surface area contributed by atoms with Gasteiger partial charge in [0.2, 0.25) is 5.91 Å². The summed E-state index contributed by atoms with van der Waals surface area (Å²) >= 11 is 0. The standard InChI is InChI=1S/C12H23N3O/c1-14-5-4-11(9-14)12(16)15-6-2-10(8-13)3-7-15/h10-11H,2-9,13H2,1H3. The number of nitrogens with two attached hydrogens (primary N) is 1. The van der Waals surface area contributed by atoms with Crippen LogP contribution in [0.1, 0.15) is 19.3 Å². The van der Waals surface area contributed by atoms with Crippen LogP contribution in [0, 0.1) is 11.8 Å². The van der Waals surface area contributed by atoms with Crippen molar-refractivity contribution >= 4 is 5.91 Å². The Kier molecular flexibility index (Phi) is 3.82. The summed E-state index contributed by atoms with van der Waals surface area (Å²) in [5.74, 6) is 1.26. The molecule has 0 saturated carbocycles. The third-order valence-corrected chi connectivity index (χ3v) is 4.00. The van der Waals surface area contributed by atoms with Gasteiger partial charge in [0.15, 0.2) is 0 Å².